The number of carbonyl (C=O) groups is 2. The molecule has 0 unspecified atom stereocenters. The van der Waals surface area contributed by atoms with Gasteiger partial charge in [-0.05, 0) is 24.1 Å². The van der Waals surface area contributed by atoms with Crippen molar-refractivity contribution in [2.24, 2.45) is 0 Å². The van der Waals surface area contributed by atoms with Crippen LogP contribution in [0.4, 0.5) is 18.0 Å². The summed E-state index contributed by atoms with van der Waals surface area (Å²) in [6, 6.07) is 3.51. The Morgan fingerprint density at radius 2 is 2.00 bits per heavy atom. The molecular formula is C14H15F3N2O3. The minimum absolute atomic E-state index is 0.178. The van der Waals surface area contributed by atoms with Crippen LogP contribution in [0, 0.1) is 0 Å². The van der Waals surface area contributed by atoms with E-state index in [2.05, 4.69) is 10.1 Å². The maximum Gasteiger partial charge on any atom is 0.416 e. The maximum absolute atomic E-state index is 12.5. The molecular weight excluding hydrogens is 301 g/mol. The third kappa shape index (κ3) is 3.69. The van der Waals surface area contributed by atoms with Gasteiger partial charge in [0.25, 0.3) is 0 Å². The van der Waals surface area contributed by atoms with E-state index in [0.717, 1.165) is 12.1 Å². The molecule has 1 N–H and O–H groups in total. The number of nitrogens with zero attached hydrogens (tertiary/aromatic N) is 1. The van der Waals surface area contributed by atoms with Gasteiger partial charge in [-0.3, -0.25) is 0 Å². The summed E-state index contributed by atoms with van der Waals surface area (Å²) in [5.41, 5.74) is -0.148. The average Bonchev–Trinajstić information content (AvgIpc) is 2.48. The summed E-state index contributed by atoms with van der Waals surface area (Å²) in [5.74, 6) is -0.512. The minimum Gasteiger partial charge on any atom is -0.467 e. The molecule has 1 aliphatic heterocycles. The number of amides is 2. The van der Waals surface area contributed by atoms with Crippen molar-refractivity contribution in [1.29, 1.82) is 0 Å². The molecule has 0 aromatic heterocycles. The fourth-order valence-corrected chi connectivity index (χ4v) is 2.19. The Morgan fingerprint density at radius 3 is 2.50 bits per heavy atom. The van der Waals surface area contributed by atoms with E-state index in [9.17, 15) is 22.8 Å². The Labute approximate surface area is 125 Å². The van der Waals surface area contributed by atoms with E-state index in [-0.39, 0.29) is 6.54 Å². The van der Waals surface area contributed by atoms with Crippen LogP contribution < -0.4 is 5.32 Å². The van der Waals surface area contributed by atoms with Gasteiger partial charge < -0.3 is 15.0 Å². The summed E-state index contributed by atoms with van der Waals surface area (Å²) in [5, 5.41) is 2.51. The maximum atomic E-state index is 12.5. The van der Waals surface area contributed by atoms with Gasteiger partial charge in [0.2, 0.25) is 0 Å². The van der Waals surface area contributed by atoms with Crippen molar-refractivity contribution in [2.75, 3.05) is 13.7 Å². The summed E-state index contributed by atoms with van der Waals surface area (Å²) in [6.45, 7) is 0.504. The van der Waals surface area contributed by atoms with E-state index in [0.29, 0.717) is 18.5 Å². The molecule has 2 amide bonds. The molecule has 0 spiro atoms. The lowest BCUT2D eigenvalue weighted by Crippen LogP contribution is -2.54. The average molecular weight is 316 g/mol. The Kier molecular flexibility index (Phi) is 4.58. The predicted octanol–water partition coefficient (Wildman–Crippen LogP) is 2.16. The van der Waals surface area contributed by atoms with Crippen molar-refractivity contribution in [3.05, 3.63) is 35.4 Å². The standard InChI is InChI=1S/C14H15F3N2O3/c1-22-12(20)11-6-7-19(13(21)18-11)8-9-2-4-10(5-3-9)14(15,16)17/h2-5,11H,6-8H2,1H3,(H,18,21)/t11-/m0/s1. The third-order valence-electron chi connectivity index (χ3n) is 3.41. The number of rotatable bonds is 3. The zero-order chi connectivity index (χ0) is 16.3. The number of methoxy groups -OCH3 is 1. The number of esters is 1. The van der Waals surface area contributed by atoms with E-state index in [1.54, 1.807) is 0 Å². The van der Waals surface area contributed by atoms with Crippen LogP contribution >= 0.6 is 0 Å². The second-order valence-corrected chi connectivity index (χ2v) is 4.93. The van der Waals surface area contributed by atoms with Gasteiger partial charge in [-0.15, -0.1) is 0 Å². The lowest BCUT2D eigenvalue weighted by Gasteiger charge is -2.31. The normalized spacial score (nSPS) is 18.8. The molecule has 1 aliphatic rings. The van der Waals surface area contributed by atoms with Crippen molar-refractivity contribution in [3.63, 3.8) is 0 Å². The summed E-state index contributed by atoms with van der Waals surface area (Å²) in [6.07, 6.45) is -3.99. The van der Waals surface area contributed by atoms with Gasteiger partial charge in [0, 0.05) is 13.1 Å². The molecule has 8 heteroatoms. The number of hydrogen-bond acceptors (Lipinski definition) is 3. The van der Waals surface area contributed by atoms with Crippen LogP contribution in [0.15, 0.2) is 24.3 Å². The number of benzene rings is 1. The zero-order valence-corrected chi connectivity index (χ0v) is 11.8. The minimum atomic E-state index is -4.38. The molecule has 0 radical (unpaired) electrons. The summed E-state index contributed by atoms with van der Waals surface area (Å²) < 4.78 is 42.0. The lowest BCUT2D eigenvalue weighted by molar-refractivity contribution is -0.143. The molecule has 1 saturated heterocycles. The Balaban J connectivity index is 1.97. The monoisotopic (exact) mass is 316 g/mol. The van der Waals surface area contributed by atoms with Gasteiger partial charge in [-0.2, -0.15) is 13.2 Å². The molecule has 0 aliphatic carbocycles. The molecule has 1 atom stereocenters. The number of ether oxygens (including phenoxy) is 1. The fraction of sp³-hybridized carbons (Fsp3) is 0.429. The van der Waals surface area contributed by atoms with Crippen LogP contribution in [0.1, 0.15) is 17.5 Å². The molecule has 1 fully saturated rings. The molecule has 22 heavy (non-hydrogen) atoms. The fourth-order valence-electron chi connectivity index (χ4n) is 2.19. The molecule has 5 nitrogen and oxygen atoms in total. The quantitative estimate of drug-likeness (QED) is 0.870. The summed E-state index contributed by atoms with van der Waals surface area (Å²) in [4.78, 5) is 24.7. The first-order valence-electron chi connectivity index (χ1n) is 6.60. The van der Waals surface area contributed by atoms with Gasteiger partial charge in [-0.1, -0.05) is 12.1 Å². The number of urea groups is 1. The first-order chi connectivity index (χ1) is 10.3. The van der Waals surface area contributed by atoms with Crippen molar-refractivity contribution < 1.29 is 27.5 Å². The molecule has 0 saturated carbocycles. The molecule has 2 rings (SSSR count). The van der Waals surface area contributed by atoms with Crippen LogP contribution in [0.3, 0.4) is 0 Å². The Morgan fingerprint density at radius 1 is 1.36 bits per heavy atom. The zero-order valence-electron chi connectivity index (χ0n) is 11.8. The molecule has 0 bridgehead atoms. The van der Waals surface area contributed by atoms with Crippen molar-refractivity contribution in [3.8, 4) is 0 Å². The second-order valence-electron chi connectivity index (χ2n) is 4.93. The van der Waals surface area contributed by atoms with Gasteiger partial charge in [0.05, 0.1) is 12.7 Å². The van der Waals surface area contributed by atoms with Crippen LogP contribution in [0.25, 0.3) is 0 Å². The highest BCUT2D eigenvalue weighted by Crippen LogP contribution is 2.29. The first-order valence-corrected chi connectivity index (χ1v) is 6.60. The number of carbonyl (C=O) groups excluding carboxylic acids is 2. The van der Waals surface area contributed by atoms with E-state index in [4.69, 9.17) is 0 Å². The highest BCUT2D eigenvalue weighted by Gasteiger charge is 2.31. The van der Waals surface area contributed by atoms with Crippen molar-refractivity contribution in [1.82, 2.24) is 10.2 Å². The molecule has 120 valence electrons. The second kappa shape index (κ2) is 6.25. The smallest absolute Gasteiger partial charge is 0.416 e. The number of halogens is 3. The molecule has 1 heterocycles. The SMILES string of the molecule is COC(=O)[C@@H]1CCN(Cc2ccc(C(F)(F)F)cc2)C(=O)N1. The van der Waals surface area contributed by atoms with Gasteiger partial charge >= 0.3 is 18.2 Å². The summed E-state index contributed by atoms with van der Waals surface area (Å²) >= 11 is 0. The Bertz CT molecular complexity index is 557. The van der Waals surface area contributed by atoms with Crippen molar-refractivity contribution >= 4 is 12.0 Å². The molecule has 1 aromatic carbocycles. The van der Waals surface area contributed by atoms with E-state index >= 15 is 0 Å². The van der Waals surface area contributed by atoms with Crippen LogP contribution in [-0.4, -0.2) is 36.6 Å². The largest absolute Gasteiger partial charge is 0.467 e. The van der Waals surface area contributed by atoms with Crippen LogP contribution in [0.2, 0.25) is 0 Å². The molecule has 1 aromatic rings. The van der Waals surface area contributed by atoms with E-state index < -0.39 is 29.8 Å². The topological polar surface area (TPSA) is 58.6 Å². The van der Waals surface area contributed by atoms with Gasteiger partial charge in [0.15, 0.2) is 0 Å². The lowest BCUT2D eigenvalue weighted by atomic mass is 10.1. The summed E-state index contributed by atoms with van der Waals surface area (Å²) in [7, 11) is 1.24. The number of alkyl halides is 3. The van der Waals surface area contributed by atoms with Crippen LogP contribution in [0.5, 0.6) is 0 Å². The number of nitrogens with one attached hydrogen (secondary N) is 1. The van der Waals surface area contributed by atoms with Gasteiger partial charge in [0.1, 0.15) is 6.04 Å². The highest BCUT2D eigenvalue weighted by atomic mass is 19.4. The van der Waals surface area contributed by atoms with Crippen molar-refractivity contribution in [2.45, 2.75) is 25.2 Å². The van der Waals surface area contributed by atoms with Crippen LogP contribution in [-0.2, 0) is 22.3 Å². The highest BCUT2D eigenvalue weighted by molar-refractivity contribution is 5.84. The van der Waals surface area contributed by atoms with Gasteiger partial charge in [-0.25, -0.2) is 9.59 Å². The predicted molar refractivity (Wildman–Crippen MR) is 70.8 cm³/mol. The van der Waals surface area contributed by atoms with E-state index in [1.165, 1.54) is 24.1 Å². The van der Waals surface area contributed by atoms with E-state index in [1.807, 2.05) is 0 Å². The third-order valence-corrected chi connectivity index (χ3v) is 3.41. The number of hydrogen-bond donors (Lipinski definition) is 1. The first kappa shape index (κ1) is 16.1. The Hall–Kier alpha value is -2.25.